The zero-order valence-corrected chi connectivity index (χ0v) is 5.88. The second-order valence-corrected chi connectivity index (χ2v) is 2.60. The summed E-state index contributed by atoms with van der Waals surface area (Å²) in [6.45, 7) is 0. The van der Waals surface area contributed by atoms with Crippen molar-refractivity contribution in [3.63, 3.8) is 0 Å². The Morgan fingerprint density at radius 1 is 1.55 bits per heavy atom. The van der Waals surface area contributed by atoms with Crippen LogP contribution in [0.1, 0.15) is 5.56 Å². The van der Waals surface area contributed by atoms with Gasteiger partial charge in [0.2, 0.25) is 6.36 Å². The van der Waals surface area contributed by atoms with Crippen LogP contribution in [0.15, 0.2) is 18.2 Å². The van der Waals surface area contributed by atoms with Gasteiger partial charge in [-0.2, -0.15) is 0 Å². The Kier molecular flexibility index (Phi) is 1.24. The molecule has 2 rings (SSSR count). The second-order valence-electron chi connectivity index (χ2n) is 2.60. The van der Waals surface area contributed by atoms with E-state index in [1.807, 2.05) is 0 Å². The Morgan fingerprint density at radius 3 is 3.18 bits per heavy atom. The van der Waals surface area contributed by atoms with Crippen molar-refractivity contribution in [1.82, 2.24) is 0 Å². The SMILES string of the molecule is Nc1ccc2c(c1)CC(F)O2. The quantitative estimate of drug-likeness (QED) is 0.573. The van der Waals surface area contributed by atoms with Crippen LogP contribution in [-0.4, -0.2) is 6.36 Å². The molecule has 2 N–H and O–H groups in total. The highest BCUT2D eigenvalue weighted by Crippen LogP contribution is 2.30. The molecular formula is C8H8FNO. The Bertz CT molecular complexity index is 287. The van der Waals surface area contributed by atoms with Gasteiger partial charge in [-0.3, -0.25) is 0 Å². The fraction of sp³-hybridized carbons (Fsp3) is 0.250. The summed E-state index contributed by atoms with van der Waals surface area (Å²) in [5, 5.41) is 0. The molecule has 0 aliphatic carbocycles. The molecule has 3 heteroatoms. The largest absolute Gasteiger partial charge is 0.460 e. The van der Waals surface area contributed by atoms with Crippen molar-refractivity contribution < 1.29 is 9.13 Å². The van der Waals surface area contributed by atoms with Crippen LogP contribution < -0.4 is 10.5 Å². The minimum Gasteiger partial charge on any atom is -0.460 e. The van der Waals surface area contributed by atoms with Gasteiger partial charge in [0, 0.05) is 17.7 Å². The molecule has 1 aliphatic rings. The number of nitrogens with two attached hydrogens (primary N) is 1. The van der Waals surface area contributed by atoms with Crippen LogP contribution >= 0.6 is 0 Å². The van der Waals surface area contributed by atoms with Gasteiger partial charge in [-0.05, 0) is 18.2 Å². The van der Waals surface area contributed by atoms with Gasteiger partial charge in [-0.25, -0.2) is 4.39 Å². The van der Waals surface area contributed by atoms with Gasteiger partial charge >= 0.3 is 0 Å². The third kappa shape index (κ3) is 1.02. The minimum absolute atomic E-state index is 0.320. The Morgan fingerprint density at radius 2 is 2.36 bits per heavy atom. The lowest BCUT2D eigenvalue weighted by molar-refractivity contribution is 0.0911. The standard InChI is InChI=1S/C8H8FNO/c9-8-4-5-3-6(10)1-2-7(5)11-8/h1-3,8H,4,10H2. The molecule has 1 atom stereocenters. The second kappa shape index (κ2) is 2.12. The number of rotatable bonds is 0. The third-order valence-corrected chi connectivity index (χ3v) is 1.72. The van der Waals surface area contributed by atoms with Crippen molar-refractivity contribution in [2.75, 3.05) is 5.73 Å². The highest BCUT2D eigenvalue weighted by molar-refractivity contribution is 5.49. The van der Waals surface area contributed by atoms with E-state index in [9.17, 15) is 4.39 Å². The van der Waals surface area contributed by atoms with Crippen LogP contribution in [0.3, 0.4) is 0 Å². The molecule has 1 unspecified atom stereocenters. The monoisotopic (exact) mass is 153 g/mol. The van der Waals surface area contributed by atoms with E-state index in [-0.39, 0.29) is 0 Å². The number of halogens is 1. The number of anilines is 1. The zero-order chi connectivity index (χ0) is 7.84. The lowest BCUT2D eigenvalue weighted by atomic mass is 10.1. The molecule has 11 heavy (non-hydrogen) atoms. The Labute approximate surface area is 63.8 Å². The Balaban J connectivity index is 2.43. The summed E-state index contributed by atoms with van der Waals surface area (Å²) in [6.07, 6.45) is -0.868. The summed E-state index contributed by atoms with van der Waals surface area (Å²) in [6, 6.07) is 5.15. The number of fused-ring (bicyclic) bond motifs is 1. The highest BCUT2D eigenvalue weighted by Gasteiger charge is 2.21. The van der Waals surface area contributed by atoms with Crippen LogP contribution in [0, 0.1) is 0 Å². The zero-order valence-electron chi connectivity index (χ0n) is 5.88. The van der Waals surface area contributed by atoms with Crippen molar-refractivity contribution in [1.29, 1.82) is 0 Å². The van der Waals surface area contributed by atoms with Crippen LogP contribution in [0.2, 0.25) is 0 Å². The fourth-order valence-corrected chi connectivity index (χ4v) is 1.23. The maximum absolute atomic E-state index is 12.6. The molecule has 58 valence electrons. The molecule has 0 aromatic heterocycles. The van der Waals surface area contributed by atoms with Crippen LogP contribution in [0.25, 0.3) is 0 Å². The van der Waals surface area contributed by atoms with Gasteiger partial charge in [0.05, 0.1) is 0 Å². The first kappa shape index (κ1) is 6.46. The van der Waals surface area contributed by atoms with E-state index >= 15 is 0 Å². The normalized spacial score (nSPS) is 21.0. The molecule has 0 saturated heterocycles. The van der Waals surface area contributed by atoms with Crippen LogP contribution in [-0.2, 0) is 6.42 Å². The van der Waals surface area contributed by atoms with Gasteiger partial charge in [-0.1, -0.05) is 0 Å². The average molecular weight is 153 g/mol. The first-order valence-electron chi connectivity index (χ1n) is 3.45. The number of nitrogen functional groups attached to an aromatic ring is 1. The predicted octanol–water partition coefficient (Wildman–Crippen LogP) is 1.50. The van der Waals surface area contributed by atoms with Crippen molar-refractivity contribution in [2.45, 2.75) is 12.8 Å². The highest BCUT2D eigenvalue weighted by atomic mass is 19.1. The topological polar surface area (TPSA) is 35.2 Å². The summed E-state index contributed by atoms with van der Waals surface area (Å²) in [5.41, 5.74) is 7.01. The first-order valence-corrected chi connectivity index (χ1v) is 3.45. The number of ether oxygens (including phenoxy) is 1. The van der Waals surface area contributed by atoms with E-state index in [1.54, 1.807) is 18.2 Å². The van der Waals surface area contributed by atoms with E-state index in [1.165, 1.54) is 0 Å². The molecule has 1 aromatic carbocycles. The molecule has 0 saturated carbocycles. The predicted molar refractivity (Wildman–Crippen MR) is 40.1 cm³/mol. The van der Waals surface area contributed by atoms with E-state index in [0.29, 0.717) is 17.9 Å². The van der Waals surface area contributed by atoms with Crippen LogP contribution in [0.4, 0.5) is 10.1 Å². The van der Waals surface area contributed by atoms with Crippen LogP contribution in [0.5, 0.6) is 5.75 Å². The maximum atomic E-state index is 12.6. The molecule has 0 amide bonds. The summed E-state index contributed by atoms with van der Waals surface area (Å²) in [4.78, 5) is 0. The van der Waals surface area contributed by atoms with Crippen molar-refractivity contribution in [2.24, 2.45) is 0 Å². The van der Waals surface area contributed by atoms with E-state index in [4.69, 9.17) is 10.5 Å². The Hall–Kier alpha value is -1.25. The molecule has 1 aromatic rings. The third-order valence-electron chi connectivity index (χ3n) is 1.72. The molecular weight excluding hydrogens is 145 g/mol. The van der Waals surface area contributed by atoms with E-state index < -0.39 is 6.36 Å². The van der Waals surface area contributed by atoms with Gasteiger partial charge < -0.3 is 10.5 Å². The van der Waals surface area contributed by atoms with Gasteiger partial charge in [0.1, 0.15) is 5.75 Å². The molecule has 0 spiro atoms. The summed E-state index contributed by atoms with van der Waals surface area (Å²) < 4.78 is 17.4. The van der Waals surface area contributed by atoms with Gasteiger partial charge in [0.25, 0.3) is 0 Å². The lowest BCUT2D eigenvalue weighted by Crippen LogP contribution is -2.02. The number of hydrogen-bond acceptors (Lipinski definition) is 2. The van der Waals surface area contributed by atoms with Crippen molar-refractivity contribution in [3.8, 4) is 5.75 Å². The molecule has 0 fully saturated rings. The van der Waals surface area contributed by atoms with Crippen molar-refractivity contribution >= 4 is 5.69 Å². The summed E-state index contributed by atoms with van der Waals surface area (Å²) >= 11 is 0. The lowest BCUT2D eigenvalue weighted by Gasteiger charge is -1.98. The van der Waals surface area contributed by atoms with Gasteiger partial charge in [0.15, 0.2) is 0 Å². The molecule has 2 nitrogen and oxygen atoms in total. The summed E-state index contributed by atoms with van der Waals surface area (Å²) in [7, 11) is 0. The molecule has 1 heterocycles. The average Bonchev–Trinajstić information content (AvgIpc) is 2.27. The van der Waals surface area contributed by atoms with Crippen molar-refractivity contribution in [3.05, 3.63) is 23.8 Å². The summed E-state index contributed by atoms with van der Waals surface area (Å²) in [5.74, 6) is 0.617. The van der Waals surface area contributed by atoms with E-state index in [0.717, 1.165) is 5.56 Å². The smallest absolute Gasteiger partial charge is 0.242 e. The molecule has 0 bridgehead atoms. The first-order chi connectivity index (χ1) is 5.25. The molecule has 0 radical (unpaired) electrons. The maximum Gasteiger partial charge on any atom is 0.242 e. The fourth-order valence-electron chi connectivity index (χ4n) is 1.23. The number of benzene rings is 1. The molecule has 1 aliphatic heterocycles. The number of alkyl halides is 1. The number of hydrogen-bond donors (Lipinski definition) is 1. The van der Waals surface area contributed by atoms with E-state index in [2.05, 4.69) is 0 Å². The van der Waals surface area contributed by atoms with Gasteiger partial charge in [-0.15, -0.1) is 0 Å². The minimum atomic E-state index is -1.19.